The van der Waals surface area contributed by atoms with E-state index in [1.54, 1.807) is 18.3 Å². The summed E-state index contributed by atoms with van der Waals surface area (Å²) in [6.07, 6.45) is 3.59. The second kappa shape index (κ2) is 9.17. The van der Waals surface area contributed by atoms with Gasteiger partial charge in [-0.15, -0.1) is 0 Å². The molecule has 1 aromatic carbocycles. The van der Waals surface area contributed by atoms with Crippen LogP contribution >= 0.6 is 0 Å². The van der Waals surface area contributed by atoms with Crippen molar-refractivity contribution in [3.8, 4) is 5.88 Å². The number of nitrogens with zero attached hydrogens (tertiary/aromatic N) is 3. The van der Waals surface area contributed by atoms with E-state index in [1.807, 2.05) is 11.0 Å². The predicted molar refractivity (Wildman–Crippen MR) is 107 cm³/mol. The third-order valence-electron chi connectivity index (χ3n) is 5.38. The highest BCUT2D eigenvalue weighted by Crippen LogP contribution is 2.17. The van der Waals surface area contributed by atoms with E-state index in [0.29, 0.717) is 18.1 Å². The molecule has 1 aromatic heterocycles. The minimum atomic E-state index is 0.0333. The van der Waals surface area contributed by atoms with Gasteiger partial charge in [0.25, 0.3) is 5.91 Å². The number of rotatable bonds is 6. The molecule has 2 saturated heterocycles. The van der Waals surface area contributed by atoms with Crippen LogP contribution in [0.25, 0.3) is 0 Å². The van der Waals surface area contributed by atoms with Crippen LogP contribution in [-0.4, -0.2) is 72.7 Å². The van der Waals surface area contributed by atoms with Crippen molar-refractivity contribution in [3.05, 3.63) is 59.8 Å². The Labute approximate surface area is 166 Å². The first kappa shape index (κ1) is 18.9. The smallest absolute Gasteiger partial charge is 0.254 e. The van der Waals surface area contributed by atoms with Crippen molar-refractivity contribution in [3.63, 3.8) is 0 Å². The average molecular weight is 381 g/mol. The number of amides is 1. The highest BCUT2D eigenvalue weighted by molar-refractivity contribution is 5.94. The lowest BCUT2D eigenvalue weighted by atomic mass is 10.1. The molecule has 0 aliphatic carbocycles. The van der Waals surface area contributed by atoms with Crippen LogP contribution in [0, 0.1) is 0 Å². The monoisotopic (exact) mass is 381 g/mol. The van der Waals surface area contributed by atoms with Crippen molar-refractivity contribution in [2.75, 3.05) is 45.9 Å². The zero-order chi connectivity index (χ0) is 19.2. The minimum absolute atomic E-state index is 0.0333. The molecule has 0 saturated carbocycles. The summed E-state index contributed by atoms with van der Waals surface area (Å²) in [5.41, 5.74) is 2.00. The summed E-state index contributed by atoms with van der Waals surface area (Å²) in [7, 11) is 0. The molecule has 0 radical (unpaired) electrons. The van der Waals surface area contributed by atoms with Crippen molar-refractivity contribution in [1.82, 2.24) is 14.8 Å². The number of carbonyl (C=O) groups excluding carboxylic acids is 1. The zero-order valence-electron chi connectivity index (χ0n) is 16.1. The quantitative estimate of drug-likeness (QED) is 0.768. The van der Waals surface area contributed by atoms with Gasteiger partial charge >= 0.3 is 0 Å². The van der Waals surface area contributed by atoms with E-state index in [-0.39, 0.29) is 12.0 Å². The molecule has 0 bridgehead atoms. The van der Waals surface area contributed by atoms with Gasteiger partial charge in [0.1, 0.15) is 6.10 Å². The molecule has 2 aromatic rings. The predicted octanol–water partition coefficient (Wildman–Crippen LogP) is 2.25. The summed E-state index contributed by atoms with van der Waals surface area (Å²) in [6.45, 7) is 5.66. The molecule has 3 heterocycles. The number of pyridine rings is 1. The van der Waals surface area contributed by atoms with Crippen LogP contribution in [0.4, 0.5) is 0 Å². The summed E-state index contributed by atoms with van der Waals surface area (Å²) < 4.78 is 11.2. The molecule has 6 nitrogen and oxygen atoms in total. The zero-order valence-corrected chi connectivity index (χ0v) is 16.1. The van der Waals surface area contributed by atoms with Crippen molar-refractivity contribution >= 4 is 5.91 Å². The molecule has 1 atom stereocenters. The summed E-state index contributed by atoms with van der Waals surface area (Å²) in [5.74, 6) is 0.556. The van der Waals surface area contributed by atoms with Gasteiger partial charge in [-0.1, -0.05) is 30.3 Å². The number of aromatic nitrogens is 1. The van der Waals surface area contributed by atoms with Gasteiger partial charge in [0.2, 0.25) is 5.88 Å². The number of carbonyl (C=O) groups is 1. The van der Waals surface area contributed by atoms with Crippen LogP contribution < -0.4 is 4.74 Å². The second-order valence-corrected chi connectivity index (χ2v) is 7.36. The van der Waals surface area contributed by atoms with Crippen LogP contribution in [0.3, 0.4) is 0 Å². The second-order valence-electron chi connectivity index (χ2n) is 7.36. The molecule has 0 spiro atoms. The molecule has 28 heavy (non-hydrogen) atoms. The summed E-state index contributed by atoms with van der Waals surface area (Å²) in [6, 6.07) is 14.1. The van der Waals surface area contributed by atoms with E-state index < -0.39 is 0 Å². The maximum Gasteiger partial charge on any atom is 0.254 e. The normalized spacial score (nSPS) is 20.3. The first-order valence-corrected chi connectivity index (χ1v) is 10.0. The highest BCUT2D eigenvalue weighted by atomic mass is 16.5. The van der Waals surface area contributed by atoms with E-state index >= 15 is 0 Å². The molecule has 2 aliphatic rings. The maximum absolute atomic E-state index is 12.9. The first-order chi connectivity index (χ1) is 13.8. The summed E-state index contributed by atoms with van der Waals surface area (Å²) in [5, 5.41) is 0. The fraction of sp³-hybridized carbons (Fsp3) is 0.455. The average Bonchev–Trinajstić information content (AvgIpc) is 3.26. The van der Waals surface area contributed by atoms with Crippen molar-refractivity contribution in [1.29, 1.82) is 0 Å². The highest BCUT2D eigenvalue weighted by Gasteiger charge is 2.23. The van der Waals surface area contributed by atoms with Gasteiger partial charge in [0.05, 0.1) is 13.2 Å². The largest absolute Gasteiger partial charge is 0.472 e. The Kier molecular flexibility index (Phi) is 6.19. The van der Waals surface area contributed by atoms with Gasteiger partial charge in [-0.25, -0.2) is 4.98 Å². The Bertz CT molecular complexity index is 770. The fourth-order valence-corrected chi connectivity index (χ4v) is 3.67. The minimum Gasteiger partial charge on any atom is -0.472 e. The van der Waals surface area contributed by atoms with Crippen LogP contribution in [0.1, 0.15) is 22.3 Å². The SMILES string of the molecule is O=C(c1ccnc(OC2CCOC2)c1)N1CCN(CCc2ccccc2)CC1. The van der Waals surface area contributed by atoms with Crippen molar-refractivity contribution in [2.45, 2.75) is 18.9 Å². The van der Waals surface area contributed by atoms with Crippen LogP contribution in [0.2, 0.25) is 0 Å². The molecule has 4 rings (SSSR count). The maximum atomic E-state index is 12.9. The third kappa shape index (κ3) is 4.88. The van der Waals surface area contributed by atoms with E-state index in [1.165, 1.54) is 5.56 Å². The Morgan fingerprint density at radius 1 is 1.14 bits per heavy atom. The van der Waals surface area contributed by atoms with E-state index in [0.717, 1.165) is 52.2 Å². The third-order valence-corrected chi connectivity index (χ3v) is 5.38. The van der Waals surface area contributed by atoms with Gasteiger partial charge in [-0.2, -0.15) is 0 Å². The summed E-state index contributed by atoms with van der Waals surface area (Å²) >= 11 is 0. The van der Waals surface area contributed by atoms with E-state index in [2.05, 4.69) is 34.1 Å². The van der Waals surface area contributed by atoms with Gasteiger partial charge in [-0.3, -0.25) is 9.69 Å². The van der Waals surface area contributed by atoms with Crippen LogP contribution in [0.15, 0.2) is 48.7 Å². The van der Waals surface area contributed by atoms with Crippen LogP contribution in [0.5, 0.6) is 5.88 Å². The molecular formula is C22H27N3O3. The lowest BCUT2D eigenvalue weighted by molar-refractivity contribution is 0.0637. The first-order valence-electron chi connectivity index (χ1n) is 10.0. The molecule has 6 heteroatoms. The van der Waals surface area contributed by atoms with Gasteiger partial charge < -0.3 is 14.4 Å². The molecule has 148 valence electrons. The van der Waals surface area contributed by atoms with E-state index in [4.69, 9.17) is 9.47 Å². The van der Waals surface area contributed by atoms with E-state index in [9.17, 15) is 4.79 Å². The number of ether oxygens (including phenoxy) is 2. The fourth-order valence-electron chi connectivity index (χ4n) is 3.67. The molecular weight excluding hydrogens is 354 g/mol. The van der Waals surface area contributed by atoms with Crippen molar-refractivity contribution < 1.29 is 14.3 Å². The Morgan fingerprint density at radius 3 is 2.71 bits per heavy atom. The number of hydrogen-bond acceptors (Lipinski definition) is 5. The molecule has 0 N–H and O–H groups in total. The van der Waals surface area contributed by atoms with Crippen molar-refractivity contribution in [2.24, 2.45) is 0 Å². The Morgan fingerprint density at radius 2 is 1.96 bits per heavy atom. The van der Waals surface area contributed by atoms with Gasteiger partial charge in [0.15, 0.2) is 0 Å². The summed E-state index contributed by atoms with van der Waals surface area (Å²) in [4.78, 5) is 21.5. The molecule has 2 aliphatic heterocycles. The lowest BCUT2D eigenvalue weighted by Gasteiger charge is -2.34. The van der Waals surface area contributed by atoms with Gasteiger partial charge in [0, 0.05) is 57.0 Å². The molecule has 2 fully saturated rings. The lowest BCUT2D eigenvalue weighted by Crippen LogP contribution is -2.49. The molecule has 1 amide bonds. The van der Waals surface area contributed by atoms with Crippen LogP contribution in [-0.2, 0) is 11.2 Å². The topological polar surface area (TPSA) is 54.9 Å². The number of hydrogen-bond donors (Lipinski definition) is 0. The number of benzene rings is 1. The Hall–Kier alpha value is -2.44. The molecule has 1 unspecified atom stereocenters. The van der Waals surface area contributed by atoms with Gasteiger partial charge in [-0.05, 0) is 18.1 Å². The number of piperazine rings is 1. The standard InChI is InChI=1S/C22H27N3O3/c26-22(19-6-9-23-21(16-19)28-20-8-15-27-17-20)25-13-11-24(12-14-25)10-7-18-4-2-1-3-5-18/h1-6,9,16,20H,7-8,10-15,17H2. The Balaban J connectivity index is 1.27.